The summed E-state index contributed by atoms with van der Waals surface area (Å²) in [6.45, 7) is 0. The molecule has 0 radical (unpaired) electrons. The zero-order valence-electron chi connectivity index (χ0n) is 12.0. The molecule has 1 saturated carbocycles. The quantitative estimate of drug-likeness (QED) is 0.879. The number of carbonyl (C=O) groups is 1. The number of rotatable bonds is 4. The van der Waals surface area contributed by atoms with Gasteiger partial charge in [0.15, 0.2) is 0 Å². The van der Waals surface area contributed by atoms with E-state index in [1.165, 1.54) is 14.2 Å². The molecule has 1 fully saturated rings. The second kappa shape index (κ2) is 6.61. The Kier molecular flexibility index (Phi) is 4.84. The van der Waals surface area contributed by atoms with E-state index in [0.717, 1.165) is 25.7 Å². The number of nitrogens with two attached hydrogens (primary N) is 1. The van der Waals surface area contributed by atoms with E-state index in [0.29, 0.717) is 17.1 Å². The molecule has 1 amide bonds. The smallest absolute Gasteiger partial charge is 0.259 e. The molecular weight excluding hydrogens is 256 g/mol. The Morgan fingerprint density at radius 2 is 1.80 bits per heavy atom. The number of hydrogen-bond donors (Lipinski definition) is 2. The summed E-state index contributed by atoms with van der Waals surface area (Å²) in [5, 5.41) is 3.01. The second-order valence-corrected chi connectivity index (χ2v) is 5.07. The van der Waals surface area contributed by atoms with Crippen molar-refractivity contribution in [1.82, 2.24) is 5.32 Å². The predicted molar refractivity (Wildman–Crippen MR) is 77.2 cm³/mol. The summed E-state index contributed by atoms with van der Waals surface area (Å²) in [7, 11) is 3.08. The van der Waals surface area contributed by atoms with Gasteiger partial charge in [0.1, 0.15) is 17.1 Å². The number of methoxy groups -OCH3 is 2. The lowest BCUT2D eigenvalue weighted by molar-refractivity contribution is 0.0915. The molecule has 2 rings (SSSR count). The molecule has 1 aromatic carbocycles. The van der Waals surface area contributed by atoms with Crippen LogP contribution in [0.2, 0.25) is 0 Å². The molecule has 110 valence electrons. The van der Waals surface area contributed by atoms with E-state index in [4.69, 9.17) is 15.2 Å². The Bertz CT molecular complexity index is 454. The highest BCUT2D eigenvalue weighted by molar-refractivity contribution is 5.99. The maximum absolute atomic E-state index is 12.5. The summed E-state index contributed by atoms with van der Waals surface area (Å²) in [6, 6.07) is 5.33. The van der Waals surface area contributed by atoms with Gasteiger partial charge in [-0.3, -0.25) is 4.79 Å². The largest absolute Gasteiger partial charge is 0.496 e. The molecule has 2 atom stereocenters. The van der Waals surface area contributed by atoms with E-state index in [1.54, 1.807) is 18.2 Å². The highest BCUT2D eigenvalue weighted by Crippen LogP contribution is 2.28. The van der Waals surface area contributed by atoms with Gasteiger partial charge in [0.2, 0.25) is 0 Å². The van der Waals surface area contributed by atoms with E-state index in [1.807, 2.05) is 0 Å². The minimum Gasteiger partial charge on any atom is -0.496 e. The lowest BCUT2D eigenvalue weighted by Gasteiger charge is -2.29. The Morgan fingerprint density at radius 3 is 2.35 bits per heavy atom. The third kappa shape index (κ3) is 3.04. The van der Waals surface area contributed by atoms with Crippen LogP contribution in [-0.2, 0) is 0 Å². The Balaban J connectivity index is 2.20. The van der Waals surface area contributed by atoms with Gasteiger partial charge < -0.3 is 20.5 Å². The van der Waals surface area contributed by atoms with Gasteiger partial charge in [-0.1, -0.05) is 18.9 Å². The first-order chi connectivity index (χ1) is 9.67. The molecule has 0 unspecified atom stereocenters. The summed E-state index contributed by atoms with van der Waals surface area (Å²) in [4.78, 5) is 12.5. The molecule has 0 spiro atoms. The molecule has 1 aliphatic rings. The van der Waals surface area contributed by atoms with Crippen molar-refractivity contribution >= 4 is 5.91 Å². The van der Waals surface area contributed by atoms with Crippen molar-refractivity contribution in [3.8, 4) is 11.5 Å². The van der Waals surface area contributed by atoms with E-state index >= 15 is 0 Å². The molecule has 0 saturated heterocycles. The number of amides is 1. The summed E-state index contributed by atoms with van der Waals surface area (Å²) < 4.78 is 10.5. The van der Waals surface area contributed by atoms with Crippen molar-refractivity contribution in [2.75, 3.05) is 14.2 Å². The minimum absolute atomic E-state index is 0.0193. The molecule has 0 bridgehead atoms. The van der Waals surface area contributed by atoms with Crippen LogP contribution in [0.25, 0.3) is 0 Å². The SMILES string of the molecule is COc1cccc(OC)c1C(=O)N[C@@H]1CCCC[C@H]1N. The van der Waals surface area contributed by atoms with E-state index in [9.17, 15) is 4.79 Å². The highest BCUT2D eigenvalue weighted by Gasteiger charge is 2.26. The van der Waals surface area contributed by atoms with E-state index in [2.05, 4.69) is 5.32 Å². The number of ether oxygens (including phenoxy) is 2. The normalized spacial score (nSPS) is 22.1. The van der Waals surface area contributed by atoms with Gasteiger partial charge in [-0.05, 0) is 25.0 Å². The summed E-state index contributed by atoms with van der Waals surface area (Å²) in [5.41, 5.74) is 6.50. The first-order valence-electron chi connectivity index (χ1n) is 6.94. The van der Waals surface area contributed by atoms with Crippen LogP contribution in [0.5, 0.6) is 11.5 Å². The topological polar surface area (TPSA) is 73.6 Å². The third-order valence-corrected chi connectivity index (χ3v) is 3.79. The number of nitrogens with one attached hydrogen (secondary N) is 1. The average molecular weight is 278 g/mol. The van der Waals surface area contributed by atoms with Crippen LogP contribution in [0.3, 0.4) is 0 Å². The first kappa shape index (κ1) is 14.7. The van der Waals surface area contributed by atoms with E-state index in [-0.39, 0.29) is 18.0 Å². The molecule has 20 heavy (non-hydrogen) atoms. The van der Waals surface area contributed by atoms with Crippen LogP contribution in [0.15, 0.2) is 18.2 Å². The van der Waals surface area contributed by atoms with Crippen molar-refractivity contribution in [1.29, 1.82) is 0 Å². The first-order valence-corrected chi connectivity index (χ1v) is 6.94. The van der Waals surface area contributed by atoms with Crippen molar-refractivity contribution < 1.29 is 14.3 Å². The van der Waals surface area contributed by atoms with Gasteiger partial charge in [0.25, 0.3) is 5.91 Å². The fourth-order valence-corrected chi connectivity index (χ4v) is 2.65. The zero-order valence-corrected chi connectivity index (χ0v) is 12.0. The van der Waals surface area contributed by atoms with Gasteiger partial charge in [0, 0.05) is 12.1 Å². The minimum atomic E-state index is -0.193. The lowest BCUT2D eigenvalue weighted by atomic mass is 9.91. The molecule has 1 aliphatic carbocycles. The van der Waals surface area contributed by atoms with Gasteiger partial charge >= 0.3 is 0 Å². The zero-order chi connectivity index (χ0) is 14.5. The van der Waals surface area contributed by atoms with Gasteiger partial charge in [0.05, 0.1) is 14.2 Å². The maximum atomic E-state index is 12.5. The van der Waals surface area contributed by atoms with Crippen LogP contribution < -0.4 is 20.5 Å². The van der Waals surface area contributed by atoms with Crippen LogP contribution in [-0.4, -0.2) is 32.2 Å². The number of carbonyl (C=O) groups excluding carboxylic acids is 1. The molecule has 0 heterocycles. The van der Waals surface area contributed by atoms with Crippen molar-refractivity contribution in [3.63, 3.8) is 0 Å². The molecular formula is C15H22N2O3. The van der Waals surface area contributed by atoms with Gasteiger partial charge in [-0.25, -0.2) is 0 Å². The fraction of sp³-hybridized carbons (Fsp3) is 0.533. The van der Waals surface area contributed by atoms with Gasteiger partial charge in [-0.15, -0.1) is 0 Å². The average Bonchev–Trinajstić information content (AvgIpc) is 2.48. The monoisotopic (exact) mass is 278 g/mol. The molecule has 5 nitrogen and oxygen atoms in total. The Morgan fingerprint density at radius 1 is 1.20 bits per heavy atom. The highest BCUT2D eigenvalue weighted by atomic mass is 16.5. The standard InChI is InChI=1S/C15H22N2O3/c1-19-12-8-5-9-13(20-2)14(12)15(18)17-11-7-4-3-6-10(11)16/h5,8-11H,3-4,6-7,16H2,1-2H3,(H,17,18)/t10-,11-/m1/s1. The number of hydrogen-bond acceptors (Lipinski definition) is 4. The van der Waals surface area contributed by atoms with E-state index < -0.39 is 0 Å². The van der Waals surface area contributed by atoms with Crippen molar-refractivity contribution in [3.05, 3.63) is 23.8 Å². The third-order valence-electron chi connectivity index (χ3n) is 3.79. The van der Waals surface area contributed by atoms with Crippen LogP contribution in [0.4, 0.5) is 0 Å². The summed E-state index contributed by atoms with van der Waals surface area (Å²) in [6.07, 6.45) is 4.10. The molecule has 5 heteroatoms. The van der Waals surface area contributed by atoms with Crippen LogP contribution >= 0.6 is 0 Å². The number of benzene rings is 1. The van der Waals surface area contributed by atoms with Crippen LogP contribution in [0.1, 0.15) is 36.0 Å². The lowest BCUT2D eigenvalue weighted by Crippen LogP contribution is -2.49. The molecule has 0 aromatic heterocycles. The Hall–Kier alpha value is -1.75. The maximum Gasteiger partial charge on any atom is 0.259 e. The fourth-order valence-electron chi connectivity index (χ4n) is 2.65. The second-order valence-electron chi connectivity index (χ2n) is 5.07. The predicted octanol–water partition coefficient (Wildman–Crippen LogP) is 1.70. The van der Waals surface area contributed by atoms with Crippen LogP contribution in [0, 0.1) is 0 Å². The molecule has 3 N–H and O–H groups in total. The molecule has 0 aliphatic heterocycles. The summed E-state index contributed by atoms with van der Waals surface area (Å²) >= 11 is 0. The summed E-state index contributed by atoms with van der Waals surface area (Å²) in [5.74, 6) is 0.819. The van der Waals surface area contributed by atoms with Crippen molar-refractivity contribution in [2.45, 2.75) is 37.8 Å². The van der Waals surface area contributed by atoms with Crippen molar-refractivity contribution in [2.24, 2.45) is 5.73 Å². The molecule has 1 aromatic rings. The van der Waals surface area contributed by atoms with Gasteiger partial charge in [-0.2, -0.15) is 0 Å². The Labute approximate surface area is 119 Å².